The van der Waals surface area contributed by atoms with Crippen LogP contribution in [0.4, 0.5) is 5.69 Å². The molecule has 1 heterocycles. The Balaban J connectivity index is 2.03. The molecule has 2 heteroatoms. The van der Waals surface area contributed by atoms with Gasteiger partial charge in [0.25, 0.3) is 0 Å². The number of pyridine rings is 1. The second kappa shape index (κ2) is 3.36. The monoisotopic (exact) mass is 176 g/mol. The number of hydrogen-bond donors (Lipinski definition) is 1. The van der Waals surface area contributed by atoms with Crippen molar-refractivity contribution in [2.75, 3.05) is 5.32 Å². The van der Waals surface area contributed by atoms with Gasteiger partial charge in [0.2, 0.25) is 0 Å². The highest BCUT2D eigenvalue weighted by Gasteiger charge is 2.27. The van der Waals surface area contributed by atoms with Gasteiger partial charge in [0.1, 0.15) is 0 Å². The van der Waals surface area contributed by atoms with Crippen molar-refractivity contribution < 1.29 is 0 Å². The zero-order chi connectivity index (χ0) is 9.26. The summed E-state index contributed by atoms with van der Waals surface area (Å²) in [5.41, 5.74) is 2.46. The summed E-state index contributed by atoms with van der Waals surface area (Å²) >= 11 is 0. The average Bonchev–Trinajstić information content (AvgIpc) is 2.91. The van der Waals surface area contributed by atoms with E-state index in [4.69, 9.17) is 0 Å². The molecule has 1 unspecified atom stereocenters. The van der Waals surface area contributed by atoms with Crippen LogP contribution in [-0.4, -0.2) is 11.0 Å². The lowest BCUT2D eigenvalue weighted by Crippen LogP contribution is -2.17. The maximum Gasteiger partial charge on any atom is 0.0558 e. The van der Waals surface area contributed by atoms with Gasteiger partial charge in [-0.2, -0.15) is 0 Å². The van der Waals surface area contributed by atoms with Gasteiger partial charge in [-0.1, -0.05) is 0 Å². The number of nitrogens with zero attached hydrogens (tertiary/aromatic N) is 1. The fraction of sp³-hybridized carbons (Fsp3) is 0.545. The second-order valence-electron chi connectivity index (χ2n) is 3.96. The van der Waals surface area contributed by atoms with E-state index < -0.39 is 0 Å². The van der Waals surface area contributed by atoms with Crippen LogP contribution in [0.5, 0.6) is 0 Å². The lowest BCUT2D eigenvalue weighted by atomic mass is 10.2. The van der Waals surface area contributed by atoms with Crippen molar-refractivity contribution in [2.45, 2.75) is 32.7 Å². The van der Waals surface area contributed by atoms with Crippen LogP contribution in [0.1, 0.15) is 25.3 Å². The first-order valence-corrected chi connectivity index (χ1v) is 4.94. The van der Waals surface area contributed by atoms with E-state index in [0.717, 1.165) is 5.92 Å². The number of nitrogens with one attached hydrogen (secondary N) is 1. The predicted octanol–water partition coefficient (Wildman–Crippen LogP) is 2.60. The van der Waals surface area contributed by atoms with Crippen molar-refractivity contribution in [1.29, 1.82) is 0 Å². The maximum atomic E-state index is 4.12. The van der Waals surface area contributed by atoms with Crippen molar-refractivity contribution in [3.05, 3.63) is 24.0 Å². The molecule has 2 nitrogen and oxygen atoms in total. The highest BCUT2D eigenvalue weighted by atomic mass is 14.9. The Bertz CT molecular complexity index is 292. The number of aromatic nitrogens is 1. The highest BCUT2D eigenvalue weighted by molar-refractivity contribution is 5.48. The van der Waals surface area contributed by atoms with Crippen molar-refractivity contribution in [3.8, 4) is 0 Å². The molecule has 13 heavy (non-hydrogen) atoms. The smallest absolute Gasteiger partial charge is 0.0558 e. The molecule has 1 aliphatic carbocycles. The van der Waals surface area contributed by atoms with E-state index in [2.05, 4.69) is 24.1 Å². The first-order chi connectivity index (χ1) is 6.27. The minimum Gasteiger partial charge on any atom is -0.381 e. The zero-order valence-corrected chi connectivity index (χ0v) is 8.25. The standard InChI is InChI=1S/C11H16N2/c1-8-5-6-12-7-11(8)13-9(2)10-3-4-10/h5-7,9-10,13H,3-4H2,1-2H3. The quantitative estimate of drug-likeness (QED) is 0.765. The van der Waals surface area contributed by atoms with Gasteiger partial charge in [0, 0.05) is 12.2 Å². The van der Waals surface area contributed by atoms with Crippen LogP contribution in [0, 0.1) is 12.8 Å². The molecule has 1 N–H and O–H groups in total. The topological polar surface area (TPSA) is 24.9 Å². The molecule has 0 radical (unpaired) electrons. The summed E-state index contributed by atoms with van der Waals surface area (Å²) in [6.45, 7) is 4.37. The van der Waals surface area contributed by atoms with Gasteiger partial charge < -0.3 is 5.32 Å². The number of aryl methyl sites for hydroxylation is 1. The number of hydrogen-bond acceptors (Lipinski definition) is 2. The van der Waals surface area contributed by atoms with Crippen LogP contribution >= 0.6 is 0 Å². The molecule has 1 saturated carbocycles. The SMILES string of the molecule is Cc1ccncc1NC(C)C1CC1. The summed E-state index contributed by atoms with van der Waals surface area (Å²) < 4.78 is 0. The van der Waals surface area contributed by atoms with Crippen molar-refractivity contribution in [2.24, 2.45) is 5.92 Å². The molecule has 1 aliphatic rings. The molecular formula is C11H16N2. The van der Waals surface area contributed by atoms with Crippen molar-refractivity contribution in [1.82, 2.24) is 4.98 Å². The summed E-state index contributed by atoms with van der Waals surface area (Å²) in [5, 5.41) is 3.51. The minimum atomic E-state index is 0.600. The summed E-state index contributed by atoms with van der Waals surface area (Å²) in [5.74, 6) is 0.889. The minimum absolute atomic E-state index is 0.600. The Morgan fingerprint density at radius 2 is 2.31 bits per heavy atom. The fourth-order valence-electron chi connectivity index (χ4n) is 1.57. The van der Waals surface area contributed by atoms with Crippen molar-refractivity contribution in [3.63, 3.8) is 0 Å². The van der Waals surface area contributed by atoms with Gasteiger partial charge in [-0.3, -0.25) is 4.98 Å². The van der Waals surface area contributed by atoms with Gasteiger partial charge in [0.05, 0.1) is 11.9 Å². The molecule has 0 bridgehead atoms. The van der Waals surface area contributed by atoms with Gasteiger partial charge in [-0.25, -0.2) is 0 Å². The number of anilines is 1. The molecule has 0 aromatic carbocycles. The van der Waals surface area contributed by atoms with Gasteiger partial charge in [0.15, 0.2) is 0 Å². The Hall–Kier alpha value is -1.05. The Kier molecular flexibility index (Phi) is 2.21. The van der Waals surface area contributed by atoms with E-state index in [0.29, 0.717) is 6.04 Å². The van der Waals surface area contributed by atoms with E-state index in [9.17, 15) is 0 Å². The summed E-state index contributed by atoms with van der Waals surface area (Å²) in [7, 11) is 0. The van der Waals surface area contributed by atoms with E-state index in [-0.39, 0.29) is 0 Å². The predicted molar refractivity (Wildman–Crippen MR) is 54.8 cm³/mol. The Labute approximate surface area is 79.4 Å². The molecule has 0 saturated heterocycles. The third-order valence-corrected chi connectivity index (χ3v) is 2.75. The van der Waals surface area contributed by atoms with Crippen LogP contribution in [0.25, 0.3) is 0 Å². The fourth-order valence-corrected chi connectivity index (χ4v) is 1.57. The second-order valence-corrected chi connectivity index (χ2v) is 3.96. The highest BCUT2D eigenvalue weighted by Crippen LogP contribution is 2.34. The third kappa shape index (κ3) is 2.00. The first-order valence-electron chi connectivity index (χ1n) is 4.94. The summed E-state index contributed by atoms with van der Waals surface area (Å²) in [4.78, 5) is 4.12. The van der Waals surface area contributed by atoms with E-state index >= 15 is 0 Å². The van der Waals surface area contributed by atoms with E-state index in [1.165, 1.54) is 24.1 Å². The molecule has 1 aromatic rings. The Morgan fingerprint density at radius 1 is 1.54 bits per heavy atom. The van der Waals surface area contributed by atoms with Gasteiger partial charge >= 0.3 is 0 Å². The van der Waals surface area contributed by atoms with E-state index in [1.807, 2.05) is 18.5 Å². The van der Waals surface area contributed by atoms with Crippen LogP contribution in [0.2, 0.25) is 0 Å². The molecule has 1 aromatic heterocycles. The van der Waals surface area contributed by atoms with Gasteiger partial charge in [-0.05, 0) is 44.2 Å². The third-order valence-electron chi connectivity index (χ3n) is 2.75. The normalized spacial score (nSPS) is 18.3. The van der Waals surface area contributed by atoms with Gasteiger partial charge in [-0.15, -0.1) is 0 Å². The van der Waals surface area contributed by atoms with Crippen LogP contribution in [0.3, 0.4) is 0 Å². The van der Waals surface area contributed by atoms with Crippen LogP contribution in [0.15, 0.2) is 18.5 Å². The molecule has 1 atom stereocenters. The van der Waals surface area contributed by atoms with Crippen molar-refractivity contribution >= 4 is 5.69 Å². The molecule has 0 aliphatic heterocycles. The van der Waals surface area contributed by atoms with E-state index in [1.54, 1.807) is 0 Å². The summed E-state index contributed by atoms with van der Waals surface area (Å²) in [6.07, 6.45) is 6.51. The summed E-state index contributed by atoms with van der Waals surface area (Å²) in [6, 6.07) is 2.64. The molecule has 0 spiro atoms. The largest absolute Gasteiger partial charge is 0.381 e. The van der Waals surface area contributed by atoms with Crippen LogP contribution in [-0.2, 0) is 0 Å². The lowest BCUT2D eigenvalue weighted by molar-refractivity contribution is 0.693. The zero-order valence-electron chi connectivity index (χ0n) is 8.25. The average molecular weight is 176 g/mol. The molecule has 2 rings (SSSR count). The molecule has 70 valence electrons. The Morgan fingerprint density at radius 3 is 2.92 bits per heavy atom. The van der Waals surface area contributed by atoms with Crippen LogP contribution < -0.4 is 5.32 Å². The molecule has 1 fully saturated rings. The first kappa shape index (κ1) is 8.54. The molecule has 0 amide bonds. The maximum absolute atomic E-state index is 4.12. The molecular weight excluding hydrogens is 160 g/mol. The number of rotatable bonds is 3. The lowest BCUT2D eigenvalue weighted by Gasteiger charge is -2.15.